The second-order valence-electron chi connectivity index (χ2n) is 6.37. The fourth-order valence-corrected chi connectivity index (χ4v) is 3.68. The third kappa shape index (κ3) is 2.47. The maximum absolute atomic E-state index is 12.6. The van der Waals surface area contributed by atoms with E-state index in [-0.39, 0.29) is 18.1 Å². The first-order valence-corrected chi connectivity index (χ1v) is 7.80. The number of rotatable bonds is 2. The molecule has 0 bridgehead atoms. The monoisotopic (exact) mass is 272 g/mol. The van der Waals surface area contributed by atoms with Crippen LogP contribution in [-0.2, 0) is 4.79 Å². The van der Waals surface area contributed by atoms with Crippen molar-refractivity contribution in [2.24, 2.45) is 5.92 Å². The smallest absolute Gasteiger partial charge is 0.241 e. The minimum Gasteiger partial charge on any atom is -0.319 e. The molecule has 1 aromatic rings. The summed E-state index contributed by atoms with van der Waals surface area (Å²) in [7, 11) is 0. The summed E-state index contributed by atoms with van der Waals surface area (Å²) in [5.41, 5.74) is 1.20. The van der Waals surface area contributed by atoms with Gasteiger partial charge in [0.05, 0.1) is 6.04 Å². The molecule has 2 fully saturated rings. The Morgan fingerprint density at radius 1 is 1.15 bits per heavy atom. The lowest BCUT2D eigenvalue weighted by atomic mass is 9.86. The van der Waals surface area contributed by atoms with Crippen LogP contribution in [0.25, 0.3) is 0 Å². The molecule has 20 heavy (non-hydrogen) atoms. The molecule has 1 saturated carbocycles. The highest BCUT2D eigenvalue weighted by atomic mass is 16.2. The Morgan fingerprint density at radius 2 is 1.90 bits per heavy atom. The number of carbonyl (C=O) groups is 1. The van der Waals surface area contributed by atoms with Gasteiger partial charge in [0.1, 0.15) is 6.17 Å². The summed E-state index contributed by atoms with van der Waals surface area (Å²) >= 11 is 0. The quantitative estimate of drug-likeness (QED) is 0.897. The van der Waals surface area contributed by atoms with Crippen LogP contribution in [0.1, 0.15) is 51.3 Å². The van der Waals surface area contributed by atoms with E-state index in [1.165, 1.54) is 18.4 Å². The van der Waals surface area contributed by atoms with E-state index in [0.717, 1.165) is 18.8 Å². The zero-order valence-electron chi connectivity index (χ0n) is 12.4. The van der Waals surface area contributed by atoms with Gasteiger partial charge in [-0.25, -0.2) is 0 Å². The topological polar surface area (TPSA) is 32.3 Å². The van der Waals surface area contributed by atoms with E-state index in [4.69, 9.17) is 0 Å². The number of nitrogens with one attached hydrogen (secondary N) is 1. The van der Waals surface area contributed by atoms with Crippen molar-refractivity contribution in [1.82, 2.24) is 10.2 Å². The number of benzene rings is 1. The first-order chi connectivity index (χ1) is 9.66. The van der Waals surface area contributed by atoms with Gasteiger partial charge >= 0.3 is 0 Å². The minimum absolute atomic E-state index is 0.0500. The molecule has 1 aliphatic heterocycles. The first-order valence-electron chi connectivity index (χ1n) is 7.80. The van der Waals surface area contributed by atoms with Crippen LogP contribution in [-0.4, -0.2) is 22.9 Å². The number of amides is 1. The molecule has 1 heterocycles. The molecule has 3 rings (SSSR count). The van der Waals surface area contributed by atoms with Crippen LogP contribution in [0, 0.1) is 5.92 Å². The van der Waals surface area contributed by atoms with E-state index >= 15 is 0 Å². The number of hydrogen-bond acceptors (Lipinski definition) is 2. The Labute approximate surface area is 121 Å². The maximum Gasteiger partial charge on any atom is 0.241 e. The Balaban J connectivity index is 1.87. The molecular weight excluding hydrogens is 248 g/mol. The van der Waals surface area contributed by atoms with Gasteiger partial charge in [0, 0.05) is 6.04 Å². The summed E-state index contributed by atoms with van der Waals surface area (Å²) in [4.78, 5) is 14.7. The summed E-state index contributed by atoms with van der Waals surface area (Å²) in [6.07, 6.45) is 4.88. The van der Waals surface area contributed by atoms with Gasteiger partial charge in [0.2, 0.25) is 5.91 Å². The molecule has 1 aromatic carbocycles. The van der Waals surface area contributed by atoms with Crippen molar-refractivity contribution >= 4 is 5.91 Å². The SMILES string of the molecule is CC1CCCC(N2C(=O)C(C)NC2c2ccccc2)C1. The van der Waals surface area contributed by atoms with E-state index < -0.39 is 0 Å². The molecular formula is C17H24N2O. The Kier molecular flexibility index (Phi) is 3.79. The molecule has 4 unspecified atom stereocenters. The maximum atomic E-state index is 12.6. The van der Waals surface area contributed by atoms with E-state index in [1.54, 1.807) is 0 Å². The molecule has 0 spiro atoms. The molecule has 1 amide bonds. The molecule has 0 aromatic heterocycles. The summed E-state index contributed by atoms with van der Waals surface area (Å²) in [6, 6.07) is 10.7. The highest BCUT2D eigenvalue weighted by Crippen LogP contribution is 2.35. The second kappa shape index (κ2) is 5.57. The molecule has 1 aliphatic carbocycles. The lowest BCUT2D eigenvalue weighted by Gasteiger charge is -2.37. The van der Waals surface area contributed by atoms with Crippen molar-refractivity contribution in [1.29, 1.82) is 0 Å². The van der Waals surface area contributed by atoms with Crippen molar-refractivity contribution in [2.75, 3.05) is 0 Å². The summed E-state index contributed by atoms with van der Waals surface area (Å²) < 4.78 is 0. The number of hydrogen-bond donors (Lipinski definition) is 1. The lowest BCUT2D eigenvalue weighted by molar-refractivity contribution is -0.133. The van der Waals surface area contributed by atoms with Crippen molar-refractivity contribution in [3.63, 3.8) is 0 Å². The van der Waals surface area contributed by atoms with E-state index in [0.29, 0.717) is 6.04 Å². The third-order valence-corrected chi connectivity index (χ3v) is 4.73. The highest BCUT2D eigenvalue weighted by Gasteiger charge is 2.41. The van der Waals surface area contributed by atoms with Crippen molar-refractivity contribution in [3.8, 4) is 0 Å². The van der Waals surface area contributed by atoms with Gasteiger partial charge in [0.15, 0.2) is 0 Å². The van der Waals surface area contributed by atoms with Gasteiger partial charge in [-0.05, 0) is 31.2 Å². The summed E-state index contributed by atoms with van der Waals surface area (Å²) in [5.74, 6) is 0.992. The van der Waals surface area contributed by atoms with Crippen LogP contribution in [0.2, 0.25) is 0 Å². The van der Waals surface area contributed by atoms with E-state index in [9.17, 15) is 4.79 Å². The lowest BCUT2D eigenvalue weighted by Crippen LogP contribution is -2.42. The molecule has 0 radical (unpaired) electrons. The predicted octanol–water partition coefficient (Wildman–Crippen LogP) is 3.08. The van der Waals surface area contributed by atoms with Gasteiger partial charge in [-0.1, -0.05) is 50.1 Å². The minimum atomic E-state index is -0.0718. The van der Waals surface area contributed by atoms with Crippen LogP contribution in [0.15, 0.2) is 30.3 Å². The van der Waals surface area contributed by atoms with E-state index in [1.807, 2.05) is 25.1 Å². The molecule has 1 N–H and O–H groups in total. The largest absolute Gasteiger partial charge is 0.319 e. The van der Waals surface area contributed by atoms with Gasteiger partial charge < -0.3 is 4.90 Å². The Bertz CT molecular complexity index is 473. The van der Waals surface area contributed by atoms with Gasteiger partial charge in [-0.15, -0.1) is 0 Å². The first kappa shape index (κ1) is 13.6. The number of nitrogens with zero attached hydrogens (tertiary/aromatic N) is 1. The summed E-state index contributed by atoms with van der Waals surface area (Å²) in [6.45, 7) is 4.28. The van der Waals surface area contributed by atoms with Crippen LogP contribution in [0.5, 0.6) is 0 Å². The fourth-order valence-electron chi connectivity index (χ4n) is 3.68. The van der Waals surface area contributed by atoms with Crippen LogP contribution in [0.4, 0.5) is 0 Å². The van der Waals surface area contributed by atoms with E-state index in [2.05, 4.69) is 29.3 Å². The fraction of sp³-hybridized carbons (Fsp3) is 0.588. The van der Waals surface area contributed by atoms with Gasteiger partial charge in [0.25, 0.3) is 0 Å². The highest BCUT2D eigenvalue weighted by molar-refractivity contribution is 5.84. The van der Waals surface area contributed by atoms with Gasteiger partial charge in [-0.2, -0.15) is 0 Å². The van der Waals surface area contributed by atoms with Crippen molar-refractivity contribution in [2.45, 2.75) is 57.8 Å². The second-order valence-corrected chi connectivity index (χ2v) is 6.37. The van der Waals surface area contributed by atoms with Gasteiger partial charge in [-0.3, -0.25) is 10.1 Å². The Morgan fingerprint density at radius 3 is 2.60 bits per heavy atom. The van der Waals surface area contributed by atoms with Crippen molar-refractivity contribution < 1.29 is 4.79 Å². The average Bonchev–Trinajstić information content (AvgIpc) is 2.76. The molecule has 4 atom stereocenters. The molecule has 108 valence electrons. The molecule has 3 heteroatoms. The molecule has 1 saturated heterocycles. The van der Waals surface area contributed by atoms with Crippen LogP contribution in [0.3, 0.4) is 0 Å². The number of carbonyl (C=O) groups excluding carboxylic acids is 1. The third-order valence-electron chi connectivity index (χ3n) is 4.73. The normalized spacial score (nSPS) is 34.5. The molecule has 2 aliphatic rings. The summed E-state index contributed by atoms with van der Waals surface area (Å²) in [5, 5.41) is 3.46. The average molecular weight is 272 g/mol. The zero-order valence-corrected chi connectivity index (χ0v) is 12.4. The standard InChI is InChI=1S/C17H24N2O/c1-12-7-6-10-15(11-12)19-16(18-13(2)17(19)20)14-8-4-3-5-9-14/h3-5,8-9,12-13,15-16,18H,6-7,10-11H2,1-2H3. The van der Waals surface area contributed by atoms with Crippen LogP contribution >= 0.6 is 0 Å². The zero-order chi connectivity index (χ0) is 14.1. The van der Waals surface area contributed by atoms with Crippen LogP contribution < -0.4 is 5.32 Å². The molecule has 3 nitrogen and oxygen atoms in total. The van der Waals surface area contributed by atoms with Crippen molar-refractivity contribution in [3.05, 3.63) is 35.9 Å². The Hall–Kier alpha value is -1.35. The predicted molar refractivity (Wildman–Crippen MR) is 80.0 cm³/mol.